The molecule has 4 rings (SSSR count). The molecule has 28 heavy (non-hydrogen) atoms. The molecular formula is C21H33Cl2N3O2. The molecule has 2 saturated heterocycles. The third-order valence-corrected chi connectivity index (χ3v) is 6.56. The van der Waals surface area contributed by atoms with Crippen molar-refractivity contribution < 1.29 is 9.53 Å². The number of rotatable bonds is 4. The van der Waals surface area contributed by atoms with Crippen molar-refractivity contribution in [2.45, 2.75) is 49.7 Å². The van der Waals surface area contributed by atoms with Crippen molar-refractivity contribution in [1.29, 1.82) is 0 Å². The monoisotopic (exact) mass is 429 g/mol. The van der Waals surface area contributed by atoms with Gasteiger partial charge in [-0.25, -0.2) is 0 Å². The van der Waals surface area contributed by atoms with Crippen LogP contribution >= 0.6 is 24.8 Å². The van der Waals surface area contributed by atoms with Gasteiger partial charge in [0.2, 0.25) is 5.91 Å². The van der Waals surface area contributed by atoms with Crippen molar-refractivity contribution in [2.75, 3.05) is 39.8 Å². The Morgan fingerprint density at radius 3 is 2.54 bits per heavy atom. The average molecular weight is 430 g/mol. The molecule has 3 aliphatic rings. The maximum Gasteiger partial charge on any atom is 0.234 e. The highest BCUT2D eigenvalue weighted by Crippen LogP contribution is 2.51. The summed E-state index contributed by atoms with van der Waals surface area (Å²) in [6.45, 7) is 4.59. The van der Waals surface area contributed by atoms with Crippen molar-refractivity contribution in [3.05, 3.63) is 35.4 Å². The van der Waals surface area contributed by atoms with E-state index >= 15 is 0 Å². The molecular weight excluding hydrogens is 397 g/mol. The standard InChI is InChI=1S/C21H31N3O2.2ClH/c1-26-20-19(23-18(25)15-24-13-5-2-6-14-24)16-7-3-4-8-17(16)21(20)9-11-22-12-10-21;;/h3-4,7-8,19-20,22H,2,5-6,9-15H2,1H3,(H,23,25);2*1H/t19-,20+;;/m1../s1. The Morgan fingerprint density at radius 2 is 1.86 bits per heavy atom. The van der Waals surface area contributed by atoms with Crippen LogP contribution in [-0.2, 0) is 14.9 Å². The summed E-state index contributed by atoms with van der Waals surface area (Å²) in [6, 6.07) is 8.56. The molecule has 158 valence electrons. The fraction of sp³-hybridized carbons (Fsp3) is 0.667. The number of hydrogen-bond acceptors (Lipinski definition) is 4. The van der Waals surface area contributed by atoms with Gasteiger partial charge in [0.15, 0.2) is 0 Å². The smallest absolute Gasteiger partial charge is 0.234 e. The molecule has 1 aliphatic carbocycles. The van der Waals surface area contributed by atoms with E-state index in [1.807, 2.05) is 0 Å². The molecule has 2 aliphatic heterocycles. The predicted octanol–water partition coefficient (Wildman–Crippen LogP) is 2.82. The van der Waals surface area contributed by atoms with Crippen LogP contribution in [-0.4, -0.2) is 56.7 Å². The van der Waals surface area contributed by atoms with Gasteiger partial charge in [-0.1, -0.05) is 30.7 Å². The number of nitrogens with one attached hydrogen (secondary N) is 2. The molecule has 2 atom stereocenters. The van der Waals surface area contributed by atoms with Crippen LogP contribution in [0.3, 0.4) is 0 Å². The Hall–Kier alpha value is -0.850. The Labute approximate surface area is 180 Å². The summed E-state index contributed by atoms with van der Waals surface area (Å²) in [4.78, 5) is 15.1. The fourth-order valence-corrected chi connectivity index (χ4v) is 5.34. The molecule has 7 heteroatoms. The van der Waals surface area contributed by atoms with Gasteiger partial charge in [0.05, 0.1) is 18.7 Å². The Kier molecular flexibility index (Phi) is 8.59. The number of ether oxygens (including phenoxy) is 1. The highest BCUT2D eigenvalue weighted by atomic mass is 35.5. The maximum atomic E-state index is 12.8. The van der Waals surface area contributed by atoms with E-state index in [2.05, 4.69) is 39.8 Å². The van der Waals surface area contributed by atoms with Gasteiger partial charge in [0.1, 0.15) is 0 Å². The summed E-state index contributed by atoms with van der Waals surface area (Å²) in [6.07, 6.45) is 5.82. The van der Waals surface area contributed by atoms with E-state index in [-0.39, 0.29) is 48.3 Å². The molecule has 0 saturated carbocycles. The third kappa shape index (κ3) is 4.34. The van der Waals surface area contributed by atoms with Crippen LogP contribution in [0.2, 0.25) is 0 Å². The number of amides is 1. The second kappa shape index (κ2) is 10.3. The third-order valence-electron chi connectivity index (χ3n) is 6.56. The first-order valence-electron chi connectivity index (χ1n) is 10.1. The minimum absolute atomic E-state index is 0. The molecule has 1 aromatic carbocycles. The largest absolute Gasteiger partial charge is 0.378 e. The summed E-state index contributed by atoms with van der Waals surface area (Å²) in [7, 11) is 1.80. The molecule has 0 unspecified atom stereocenters. The molecule has 2 fully saturated rings. The van der Waals surface area contributed by atoms with Gasteiger partial charge < -0.3 is 15.4 Å². The van der Waals surface area contributed by atoms with Crippen LogP contribution in [0.15, 0.2) is 24.3 Å². The van der Waals surface area contributed by atoms with Crippen molar-refractivity contribution in [1.82, 2.24) is 15.5 Å². The highest BCUT2D eigenvalue weighted by molar-refractivity contribution is 5.85. The first-order chi connectivity index (χ1) is 12.7. The van der Waals surface area contributed by atoms with Crippen LogP contribution in [0.5, 0.6) is 0 Å². The summed E-state index contributed by atoms with van der Waals surface area (Å²) in [5.41, 5.74) is 2.63. The first-order valence-corrected chi connectivity index (χ1v) is 10.1. The van der Waals surface area contributed by atoms with Crippen molar-refractivity contribution in [3.8, 4) is 0 Å². The molecule has 5 nitrogen and oxygen atoms in total. The lowest BCUT2D eigenvalue weighted by Crippen LogP contribution is -2.50. The Bertz CT molecular complexity index is 646. The zero-order chi connectivity index (χ0) is 18.0. The van der Waals surface area contributed by atoms with Crippen molar-refractivity contribution >= 4 is 30.7 Å². The zero-order valence-corrected chi connectivity index (χ0v) is 18.2. The van der Waals surface area contributed by atoms with Crippen LogP contribution in [0.4, 0.5) is 0 Å². The number of carbonyl (C=O) groups excluding carboxylic acids is 1. The zero-order valence-electron chi connectivity index (χ0n) is 16.6. The van der Waals surface area contributed by atoms with Gasteiger partial charge in [-0.3, -0.25) is 9.69 Å². The minimum Gasteiger partial charge on any atom is -0.378 e. The summed E-state index contributed by atoms with van der Waals surface area (Å²) < 4.78 is 6.03. The number of fused-ring (bicyclic) bond motifs is 2. The lowest BCUT2D eigenvalue weighted by atomic mass is 9.72. The van der Waals surface area contributed by atoms with Crippen LogP contribution in [0.1, 0.15) is 49.3 Å². The highest BCUT2D eigenvalue weighted by Gasteiger charge is 2.53. The quantitative estimate of drug-likeness (QED) is 0.772. The minimum atomic E-state index is -0.0495. The number of methoxy groups -OCH3 is 1. The SMILES string of the molecule is CO[C@H]1[C@H](NC(=O)CN2CCCCC2)c2ccccc2C12CCNCC2.Cl.Cl. The van der Waals surface area contributed by atoms with E-state index in [1.54, 1.807) is 7.11 Å². The number of likely N-dealkylation sites (tertiary alicyclic amines) is 1. The predicted molar refractivity (Wildman–Crippen MR) is 117 cm³/mol. The summed E-state index contributed by atoms with van der Waals surface area (Å²) >= 11 is 0. The normalized spacial score (nSPS) is 26.0. The second-order valence-corrected chi connectivity index (χ2v) is 8.03. The number of nitrogens with zero attached hydrogens (tertiary/aromatic N) is 1. The van der Waals surface area contributed by atoms with E-state index in [1.165, 1.54) is 30.4 Å². The van der Waals surface area contributed by atoms with Gasteiger partial charge in [-0.2, -0.15) is 0 Å². The first kappa shape index (κ1) is 23.4. The molecule has 0 bridgehead atoms. The molecule has 2 heterocycles. The van der Waals surface area contributed by atoms with Gasteiger partial charge in [0, 0.05) is 12.5 Å². The summed E-state index contributed by atoms with van der Waals surface area (Å²) in [5.74, 6) is 0.125. The molecule has 2 N–H and O–H groups in total. The number of hydrogen-bond donors (Lipinski definition) is 2. The second-order valence-electron chi connectivity index (χ2n) is 8.03. The molecule has 1 aromatic rings. The lowest BCUT2D eigenvalue weighted by molar-refractivity contribution is -0.124. The lowest BCUT2D eigenvalue weighted by Gasteiger charge is -2.40. The van der Waals surface area contributed by atoms with E-state index in [4.69, 9.17) is 4.74 Å². The van der Waals surface area contributed by atoms with Crippen LogP contribution in [0, 0.1) is 0 Å². The van der Waals surface area contributed by atoms with Gasteiger partial charge >= 0.3 is 0 Å². The summed E-state index contributed by atoms with van der Waals surface area (Å²) in [5, 5.41) is 6.80. The topological polar surface area (TPSA) is 53.6 Å². The van der Waals surface area contributed by atoms with Crippen molar-refractivity contribution in [3.63, 3.8) is 0 Å². The Morgan fingerprint density at radius 1 is 1.18 bits per heavy atom. The number of halogens is 2. The van der Waals surface area contributed by atoms with E-state index < -0.39 is 0 Å². The van der Waals surface area contributed by atoms with Gasteiger partial charge in [-0.05, 0) is 63.0 Å². The Balaban J connectivity index is 0.00000140. The maximum absolute atomic E-state index is 12.8. The average Bonchev–Trinajstić information content (AvgIpc) is 2.92. The van der Waals surface area contributed by atoms with E-state index in [0.29, 0.717) is 6.54 Å². The van der Waals surface area contributed by atoms with Crippen molar-refractivity contribution in [2.24, 2.45) is 0 Å². The van der Waals surface area contributed by atoms with E-state index in [0.717, 1.165) is 39.0 Å². The molecule has 1 spiro atoms. The van der Waals surface area contributed by atoms with Crippen LogP contribution in [0.25, 0.3) is 0 Å². The van der Waals surface area contributed by atoms with Gasteiger partial charge in [0.25, 0.3) is 0 Å². The molecule has 1 amide bonds. The molecule has 0 aromatic heterocycles. The van der Waals surface area contributed by atoms with E-state index in [9.17, 15) is 4.79 Å². The molecule has 0 radical (unpaired) electrons. The number of piperidine rings is 2. The fourth-order valence-electron chi connectivity index (χ4n) is 5.34. The van der Waals surface area contributed by atoms with Gasteiger partial charge in [-0.15, -0.1) is 24.8 Å². The number of benzene rings is 1. The van der Waals surface area contributed by atoms with Crippen LogP contribution < -0.4 is 10.6 Å². The number of carbonyl (C=O) groups is 1.